The Bertz CT molecular complexity index is 722. The zero-order valence-corrected chi connectivity index (χ0v) is 11.6. The number of anilines is 1. The Kier molecular flexibility index (Phi) is 2.70. The molecule has 1 aliphatic heterocycles. The highest BCUT2D eigenvalue weighted by molar-refractivity contribution is 5.93. The molecular weight excluding hydrogens is 268 g/mol. The predicted octanol–water partition coefficient (Wildman–Crippen LogP) is 1.49. The molecular formula is C15H16N4O2. The molecule has 21 heavy (non-hydrogen) atoms. The second-order valence-corrected chi connectivity index (χ2v) is 5.58. The van der Waals surface area contributed by atoms with Crippen LogP contribution in [-0.4, -0.2) is 32.2 Å². The van der Waals surface area contributed by atoms with E-state index >= 15 is 0 Å². The van der Waals surface area contributed by atoms with Crippen molar-refractivity contribution >= 4 is 11.8 Å². The number of imidazole rings is 1. The lowest BCUT2D eigenvalue weighted by Gasteiger charge is -2.30. The summed E-state index contributed by atoms with van der Waals surface area (Å²) in [6.07, 6.45) is 6.70. The Morgan fingerprint density at radius 2 is 2.19 bits per heavy atom. The van der Waals surface area contributed by atoms with Crippen molar-refractivity contribution in [3.8, 4) is 0 Å². The Morgan fingerprint density at radius 1 is 1.29 bits per heavy atom. The maximum absolute atomic E-state index is 11.6. The summed E-state index contributed by atoms with van der Waals surface area (Å²) in [7, 11) is 0. The van der Waals surface area contributed by atoms with Crippen molar-refractivity contribution in [1.82, 2.24) is 14.5 Å². The van der Waals surface area contributed by atoms with Gasteiger partial charge in [0.15, 0.2) is 0 Å². The first-order valence-corrected chi connectivity index (χ1v) is 7.23. The van der Waals surface area contributed by atoms with Crippen molar-refractivity contribution in [3.63, 3.8) is 0 Å². The summed E-state index contributed by atoms with van der Waals surface area (Å²) < 4.78 is 2.10. The van der Waals surface area contributed by atoms with Crippen LogP contribution in [-0.2, 0) is 25.9 Å². The van der Waals surface area contributed by atoms with Gasteiger partial charge in [-0.3, -0.25) is 0 Å². The molecule has 0 aromatic carbocycles. The molecule has 0 fully saturated rings. The summed E-state index contributed by atoms with van der Waals surface area (Å²) in [6, 6.07) is 1.81. The first-order valence-electron chi connectivity index (χ1n) is 7.23. The van der Waals surface area contributed by atoms with Gasteiger partial charge in [-0.05, 0) is 30.9 Å². The highest BCUT2D eigenvalue weighted by Gasteiger charge is 2.26. The SMILES string of the molecule is O=C(O)c1cc2c(nc1N1CCn3ccnc3C1)CCC2. The Hall–Kier alpha value is -2.37. The van der Waals surface area contributed by atoms with Crippen LogP contribution in [0.25, 0.3) is 0 Å². The summed E-state index contributed by atoms with van der Waals surface area (Å²) in [6.45, 7) is 2.18. The molecule has 0 spiro atoms. The lowest BCUT2D eigenvalue weighted by molar-refractivity contribution is 0.0697. The normalized spacial score (nSPS) is 16.7. The largest absolute Gasteiger partial charge is 0.478 e. The third kappa shape index (κ3) is 1.98. The van der Waals surface area contributed by atoms with Gasteiger partial charge in [0.25, 0.3) is 0 Å². The molecule has 0 unspecified atom stereocenters. The van der Waals surface area contributed by atoms with Crippen LogP contribution >= 0.6 is 0 Å². The van der Waals surface area contributed by atoms with Gasteiger partial charge in [0.2, 0.25) is 0 Å². The van der Waals surface area contributed by atoms with Gasteiger partial charge in [0.1, 0.15) is 17.2 Å². The zero-order chi connectivity index (χ0) is 14.4. The first-order chi connectivity index (χ1) is 10.2. The number of nitrogens with zero attached hydrogens (tertiary/aromatic N) is 4. The molecule has 2 aromatic rings. The molecule has 3 heterocycles. The number of rotatable bonds is 2. The number of carboxylic acid groups (broad SMARTS) is 1. The van der Waals surface area contributed by atoms with Crippen molar-refractivity contribution in [3.05, 3.63) is 41.1 Å². The smallest absolute Gasteiger partial charge is 0.339 e. The van der Waals surface area contributed by atoms with E-state index in [0.717, 1.165) is 49.4 Å². The standard InChI is InChI=1S/C15H16N4O2/c20-15(21)11-8-10-2-1-3-12(10)17-14(11)19-7-6-18-5-4-16-13(18)9-19/h4-5,8H,1-3,6-7,9H2,(H,20,21). The minimum absolute atomic E-state index is 0.315. The molecule has 6 heteroatoms. The zero-order valence-electron chi connectivity index (χ0n) is 11.6. The monoisotopic (exact) mass is 284 g/mol. The molecule has 0 saturated carbocycles. The molecule has 1 aliphatic carbocycles. The average molecular weight is 284 g/mol. The lowest BCUT2D eigenvalue weighted by atomic mass is 10.1. The van der Waals surface area contributed by atoms with Crippen LogP contribution in [0.3, 0.4) is 0 Å². The Labute approximate surface area is 122 Å². The third-order valence-corrected chi connectivity index (χ3v) is 4.31. The maximum atomic E-state index is 11.6. The van der Waals surface area contributed by atoms with E-state index in [1.54, 1.807) is 6.20 Å². The summed E-state index contributed by atoms with van der Waals surface area (Å²) in [5, 5.41) is 9.50. The van der Waals surface area contributed by atoms with Crippen molar-refractivity contribution in [2.45, 2.75) is 32.4 Å². The Balaban J connectivity index is 1.76. The molecule has 2 aromatic heterocycles. The van der Waals surface area contributed by atoms with Gasteiger partial charge in [-0.2, -0.15) is 0 Å². The van der Waals surface area contributed by atoms with Crippen LogP contribution in [0.15, 0.2) is 18.5 Å². The van der Waals surface area contributed by atoms with Crippen molar-refractivity contribution in [2.24, 2.45) is 0 Å². The fraction of sp³-hybridized carbons (Fsp3) is 0.400. The van der Waals surface area contributed by atoms with Gasteiger partial charge >= 0.3 is 5.97 Å². The van der Waals surface area contributed by atoms with E-state index in [2.05, 4.69) is 14.5 Å². The van der Waals surface area contributed by atoms with Crippen molar-refractivity contribution < 1.29 is 9.90 Å². The molecule has 4 rings (SSSR count). The number of aromatic nitrogens is 3. The van der Waals surface area contributed by atoms with E-state index in [4.69, 9.17) is 0 Å². The van der Waals surface area contributed by atoms with Gasteiger partial charge in [-0.25, -0.2) is 14.8 Å². The van der Waals surface area contributed by atoms with Gasteiger partial charge in [0, 0.05) is 31.2 Å². The number of pyridine rings is 1. The van der Waals surface area contributed by atoms with Crippen LogP contribution in [0.1, 0.15) is 33.9 Å². The number of carboxylic acids is 1. The van der Waals surface area contributed by atoms with E-state index in [1.165, 1.54) is 0 Å². The number of hydrogen-bond donors (Lipinski definition) is 1. The minimum atomic E-state index is -0.902. The molecule has 2 aliphatic rings. The van der Waals surface area contributed by atoms with Crippen molar-refractivity contribution in [1.29, 1.82) is 0 Å². The molecule has 108 valence electrons. The molecule has 1 N–H and O–H groups in total. The summed E-state index contributed by atoms with van der Waals surface area (Å²) in [4.78, 5) is 22.6. The van der Waals surface area contributed by atoms with E-state index in [9.17, 15) is 9.90 Å². The van der Waals surface area contributed by atoms with Crippen LogP contribution in [0.4, 0.5) is 5.82 Å². The van der Waals surface area contributed by atoms with Crippen LogP contribution in [0.5, 0.6) is 0 Å². The second kappa shape index (κ2) is 4.58. The second-order valence-electron chi connectivity index (χ2n) is 5.58. The number of hydrogen-bond acceptors (Lipinski definition) is 4. The highest BCUT2D eigenvalue weighted by atomic mass is 16.4. The number of carbonyl (C=O) groups is 1. The number of aryl methyl sites for hydroxylation is 2. The molecule has 0 amide bonds. The van der Waals surface area contributed by atoms with Crippen LogP contribution in [0.2, 0.25) is 0 Å². The van der Waals surface area contributed by atoms with Gasteiger partial charge in [-0.1, -0.05) is 0 Å². The topological polar surface area (TPSA) is 71.2 Å². The van der Waals surface area contributed by atoms with E-state index in [-0.39, 0.29) is 0 Å². The van der Waals surface area contributed by atoms with Crippen molar-refractivity contribution in [2.75, 3.05) is 11.4 Å². The molecule has 0 radical (unpaired) electrons. The number of aromatic carboxylic acids is 1. The maximum Gasteiger partial charge on any atom is 0.339 e. The third-order valence-electron chi connectivity index (χ3n) is 4.31. The fourth-order valence-electron chi connectivity index (χ4n) is 3.21. The van der Waals surface area contributed by atoms with E-state index in [1.807, 2.05) is 17.2 Å². The Morgan fingerprint density at radius 3 is 3.05 bits per heavy atom. The quantitative estimate of drug-likeness (QED) is 0.904. The lowest BCUT2D eigenvalue weighted by Crippen LogP contribution is -2.35. The summed E-state index contributed by atoms with van der Waals surface area (Å²) in [5.74, 6) is 0.651. The molecule has 0 atom stereocenters. The van der Waals surface area contributed by atoms with Crippen LogP contribution < -0.4 is 4.90 Å². The van der Waals surface area contributed by atoms with E-state index in [0.29, 0.717) is 17.9 Å². The molecule has 0 saturated heterocycles. The highest BCUT2D eigenvalue weighted by Crippen LogP contribution is 2.29. The fourth-order valence-corrected chi connectivity index (χ4v) is 3.21. The van der Waals surface area contributed by atoms with Gasteiger partial charge < -0.3 is 14.6 Å². The molecule has 0 bridgehead atoms. The predicted molar refractivity (Wildman–Crippen MR) is 76.5 cm³/mol. The van der Waals surface area contributed by atoms with Gasteiger partial charge in [-0.15, -0.1) is 0 Å². The number of fused-ring (bicyclic) bond motifs is 2. The van der Waals surface area contributed by atoms with Crippen LogP contribution in [0, 0.1) is 0 Å². The average Bonchev–Trinajstić information content (AvgIpc) is 3.13. The summed E-state index contributed by atoms with van der Waals surface area (Å²) in [5.41, 5.74) is 2.47. The minimum Gasteiger partial charge on any atom is -0.478 e. The summed E-state index contributed by atoms with van der Waals surface area (Å²) >= 11 is 0. The van der Waals surface area contributed by atoms with Gasteiger partial charge in [0.05, 0.1) is 6.54 Å². The first kappa shape index (κ1) is 12.4. The van der Waals surface area contributed by atoms with E-state index < -0.39 is 5.97 Å². The molecule has 6 nitrogen and oxygen atoms in total.